The van der Waals surface area contributed by atoms with Crippen LogP contribution in [0.4, 0.5) is 5.69 Å². The number of amides is 1. The highest BCUT2D eigenvalue weighted by Crippen LogP contribution is 2.15. The molecular weight excluding hydrogens is 320 g/mol. The highest BCUT2D eigenvalue weighted by Gasteiger charge is 2.12. The predicted molar refractivity (Wildman–Crippen MR) is 94.9 cm³/mol. The van der Waals surface area contributed by atoms with Crippen molar-refractivity contribution >= 4 is 17.6 Å². The largest absolute Gasteiger partial charge is 0.481 e. The highest BCUT2D eigenvalue weighted by molar-refractivity contribution is 6.04. The number of nitrogens with one attached hydrogen (secondary N) is 1. The van der Waals surface area contributed by atoms with Crippen molar-refractivity contribution in [2.75, 3.05) is 5.32 Å². The van der Waals surface area contributed by atoms with Gasteiger partial charge < -0.3 is 15.2 Å². The summed E-state index contributed by atoms with van der Waals surface area (Å²) in [6, 6.07) is 10.4. The Morgan fingerprint density at radius 2 is 1.80 bits per heavy atom. The molecule has 1 aromatic carbocycles. The van der Waals surface area contributed by atoms with Crippen LogP contribution in [-0.2, 0) is 11.2 Å². The summed E-state index contributed by atoms with van der Waals surface area (Å²) in [7, 11) is 0. The maximum Gasteiger partial charge on any atom is 0.306 e. The van der Waals surface area contributed by atoms with Crippen molar-refractivity contribution in [1.29, 1.82) is 0 Å². The van der Waals surface area contributed by atoms with Gasteiger partial charge in [-0.05, 0) is 44.0 Å². The molecule has 0 bridgehead atoms. The second-order valence-corrected chi connectivity index (χ2v) is 6.15. The third-order valence-electron chi connectivity index (χ3n) is 3.53. The lowest BCUT2D eigenvalue weighted by atomic mass is 10.0. The zero-order chi connectivity index (χ0) is 18.4. The second kappa shape index (κ2) is 8.28. The molecule has 1 atom stereocenters. The van der Waals surface area contributed by atoms with Crippen molar-refractivity contribution in [3.63, 3.8) is 0 Å². The zero-order valence-corrected chi connectivity index (χ0v) is 14.5. The average Bonchev–Trinajstić information content (AvgIpc) is 2.56. The van der Waals surface area contributed by atoms with Gasteiger partial charge in [0.25, 0.3) is 5.91 Å². The molecule has 0 aliphatic rings. The Bertz CT molecular complexity index is 724. The Labute approximate surface area is 146 Å². The number of rotatable bonds is 7. The summed E-state index contributed by atoms with van der Waals surface area (Å²) >= 11 is 0. The van der Waals surface area contributed by atoms with E-state index in [4.69, 9.17) is 9.84 Å². The van der Waals surface area contributed by atoms with Crippen molar-refractivity contribution in [2.45, 2.75) is 33.3 Å². The molecule has 0 saturated carbocycles. The van der Waals surface area contributed by atoms with Crippen LogP contribution < -0.4 is 10.1 Å². The lowest BCUT2D eigenvalue weighted by Gasteiger charge is -2.10. The quantitative estimate of drug-likeness (QED) is 0.805. The Morgan fingerprint density at radius 1 is 1.12 bits per heavy atom. The Morgan fingerprint density at radius 3 is 2.32 bits per heavy atom. The molecule has 0 fully saturated rings. The first-order valence-corrected chi connectivity index (χ1v) is 8.11. The van der Waals surface area contributed by atoms with Crippen LogP contribution in [0.25, 0.3) is 0 Å². The van der Waals surface area contributed by atoms with Crippen molar-refractivity contribution in [1.82, 2.24) is 4.98 Å². The number of ether oxygens (including phenoxy) is 1. The standard InChI is InChI=1S/C19H22N2O4/c1-12(2)25-17-9-6-15(11-20-17)18(22)21-16-7-4-14(5-8-16)10-13(3)19(23)24/h4-9,11-13H,10H2,1-3H3,(H,21,22)(H,23,24). The van der Waals surface area contributed by atoms with Crippen LogP contribution >= 0.6 is 0 Å². The van der Waals surface area contributed by atoms with E-state index in [2.05, 4.69) is 10.3 Å². The summed E-state index contributed by atoms with van der Waals surface area (Å²) in [4.78, 5) is 27.2. The number of anilines is 1. The highest BCUT2D eigenvalue weighted by atomic mass is 16.5. The number of carboxylic acid groups (broad SMARTS) is 1. The molecule has 1 unspecified atom stereocenters. The fourth-order valence-electron chi connectivity index (χ4n) is 2.19. The van der Waals surface area contributed by atoms with Crippen LogP contribution in [0.2, 0.25) is 0 Å². The van der Waals surface area contributed by atoms with Gasteiger partial charge in [-0.1, -0.05) is 19.1 Å². The zero-order valence-electron chi connectivity index (χ0n) is 14.5. The Kier molecular flexibility index (Phi) is 6.11. The van der Waals surface area contributed by atoms with Gasteiger partial charge in [0.1, 0.15) is 0 Å². The number of benzene rings is 1. The van der Waals surface area contributed by atoms with Crippen LogP contribution in [0.1, 0.15) is 36.7 Å². The van der Waals surface area contributed by atoms with Gasteiger partial charge in [-0.3, -0.25) is 9.59 Å². The molecule has 0 saturated heterocycles. The van der Waals surface area contributed by atoms with E-state index in [1.165, 1.54) is 6.20 Å². The minimum Gasteiger partial charge on any atom is -0.481 e. The summed E-state index contributed by atoms with van der Waals surface area (Å²) in [5.41, 5.74) is 1.98. The molecule has 6 heteroatoms. The fourth-order valence-corrected chi connectivity index (χ4v) is 2.19. The SMILES string of the molecule is CC(C)Oc1ccc(C(=O)Nc2ccc(CC(C)C(=O)O)cc2)cn1. The molecule has 0 aliphatic carbocycles. The van der Waals surface area contributed by atoms with Gasteiger partial charge in [0, 0.05) is 18.0 Å². The topological polar surface area (TPSA) is 88.5 Å². The minimum atomic E-state index is -0.824. The molecule has 2 N–H and O–H groups in total. The predicted octanol–water partition coefficient (Wildman–Crippen LogP) is 3.38. The minimum absolute atomic E-state index is 0.0227. The van der Waals surface area contributed by atoms with E-state index in [1.54, 1.807) is 31.2 Å². The number of carbonyl (C=O) groups is 2. The first-order valence-electron chi connectivity index (χ1n) is 8.11. The van der Waals surface area contributed by atoms with Crippen LogP contribution in [0.5, 0.6) is 5.88 Å². The summed E-state index contributed by atoms with van der Waals surface area (Å²) in [5, 5.41) is 11.7. The molecule has 1 amide bonds. The van der Waals surface area contributed by atoms with Crippen LogP contribution in [0.15, 0.2) is 42.6 Å². The van der Waals surface area contributed by atoms with E-state index >= 15 is 0 Å². The normalized spacial score (nSPS) is 11.8. The summed E-state index contributed by atoms with van der Waals surface area (Å²) in [6.07, 6.45) is 1.94. The molecular formula is C19H22N2O4. The molecule has 2 aromatic rings. The fraction of sp³-hybridized carbons (Fsp3) is 0.316. The molecule has 1 aromatic heterocycles. The average molecular weight is 342 g/mol. The van der Waals surface area contributed by atoms with Gasteiger partial charge in [-0.2, -0.15) is 0 Å². The number of aliphatic carboxylic acids is 1. The summed E-state index contributed by atoms with van der Waals surface area (Å²) in [5.74, 6) is -1.06. The second-order valence-electron chi connectivity index (χ2n) is 6.15. The number of hydrogen-bond donors (Lipinski definition) is 2. The van der Waals surface area contributed by atoms with E-state index in [-0.39, 0.29) is 12.0 Å². The van der Waals surface area contributed by atoms with Gasteiger partial charge in [0.05, 0.1) is 17.6 Å². The first-order chi connectivity index (χ1) is 11.8. The molecule has 1 heterocycles. The number of hydrogen-bond acceptors (Lipinski definition) is 4. The number of nitrogens with zero attached hydrogens (tertiary/aromatic N) is 1. The number of aromatic nitrogens is 1. The van der Waals surface area contributed by atoms with E-state index in [0.717, 1.165) is 5.56 Å². The Hall–Kier alpha value is -2.89. The van der Waals surface area contributed by atoms with Gasteiger partial charge in [0.2, 0.25) is 5.88 Å². The Balaban J connectivity index is 1.97. The van der Waals surface area contributed by atoms with Crippen LogP contribution in [0, 0.1) is 5.92 Å². The van der Waals surface area contributed by atoms with E-state index in [0.29, 0.717) is 23.6 Å². The third kappa shape index (κ3) is 5.60. The van der Waals surface area contributed by atoms with Gasteiger partial charge in [-0.15, -0.1) is 0 Å². The van der Waals surface area contributed by atoms with Crippen molar-refractivity contribution < 1.29 is 19.4 Å². The molecule has 132 valence electrons. The molecule has 6 nitrogen and oxygen atoms in total. The van der Waals surface area contributed by atoms with Gasteiger partial charge >= 0.3 is 5.97 Å². The van der Waals surface area contributed by atoms with Crippen molar-refractivity contribution in [2.24, 2.45) is 5.92 Å². The smallest absolute Gasteiger partial charge is 0.306 e. The number of carbonyl (C=O) groups excluding carboxylic acids is 1. The maximum atomic E-state index is 12.2. The lowest BCUT2D eigenvalue weighted by Crippen LogP contribution is -2.14. The first kappa shape index (κ1) is 18.4. The van der Waals surface area contributed by atoms with E-state index < -0.39 is 11.9 Å². The summed E-state index contributed by atoms with van der Waals surface area (Å²) in [6.45, 7) is 5.48. The molecule has 2 rings (SSSR count). The summed E-state index contributed by atoms with van der Waals surface area (Å²) < 4.78 is 5.44. The van der Waals surface area contributed by atoms with E-state index in [1.807, 2.05) is 26.0 Å². The maximum absolute atomic E-state index is 12.2. The number of pyridine rings is 1. The molecule has 0 radical (unpaired) electrons. The van der Waals surface area contributed by atoms with Crippen LogP contribution in [0.3, 0.4) is 0 Å². The molecule has 25 heavy (non-hydrogen) atoms. The van der Waals surface area contributed by atoms with E-state index in [9.17, 15) is 9.59 Å². The van der Waals surface area contributed by atoms with Gasteiger partial charge in [-0.25, -0.2) is 4.98 Å². The van der Waals surface area contributed by atoms with Crippen LogP contribution in [-0.4, -0.2) is 28.1 Å². The van der Waals surface area contributed by atoms with Gasteiger partial charge in [0.15, 0.2) is 0 Å². The third-order valence-corrected chi connectivity index (χ3v) is 3.53. The monoisotopic (exact) mass is 342 g/mol. The van der Waals surface area contributed by atoms with Crippen molar-refractivity contribution in [3.8, 4) is 5.88 Å². The molecule has 0 spiro atoms. The lowest BCUT2D eigenvalue weighted by molar-refractivity contribution is -0.141. The van der Waals surface area contributed by atoms with Crippen molar-refractivity contribution in [3.05, 3.63) is 53.7 Å². The molecule has 0 aliphatic heterocycles. The number of carboxylic acids is 1.